The molecule has 0 fully saturated rings. The minimum absolute atomic E-state index is 0.0781. The summed E-state index contributed by atoms with van der Waals surface area (Å²) in [5, 5.41) is 7.25. The van der Waals surface area contributed by atoms with Gasteiger partial charge in [0, 0.05) is 65.1 Å². The van der Waals surface area contributed by atoms with Crippen molar-refractivity contribution in [3.63, 3.8) is 0 Å². The third-order valence-corrected chi connectivity index (χ3v) is 15.3. The number of hydrogen-bond acceptors (Lipinski definition) is 3. The van der Waals surface area contributed by atoms with Crippen LogP contribution in [0.5, 0.6) is 0 Å². The summed E-state index contributed by atoms with van der Waals surface area (Å²) >= 11 is 1.88. The molecule has 0 spiro atoms. The first kappa shape index (κ1) is 38.7. The molecule has 2 heterocycles. The lowest BCUT2D eigenvalue weighted by Crippen LogP contribution is -2.28. The monoisotopic (exact) mass is 863 g/mol. The van der Waals surface area contributed by atoms with E-state index in [9.17, 15) is 0 Å². The van der Waals surface area contributed by atoms with Gasteiger partial charge < -0.3 is 9.32 Å². The molecule has 2 nitrogen and oxygen atoms in total. The van der Waals surface area contributed by atoms with Crippen LogP contribution in [-0.4, -0.2) is 0 Å². The largest absolute Gasteiger partial charge is 0.456 e. The summed E-state index contributed by atoms with van der Waals surface area (Å²) in [4.78, 5) is 2.49. The van der Waals surface area contributed by atoms with Crippen LogP contribution in [0.3, 0.4) is 0 Å². The molecule has 314 valence electrons. The second kappa shape index (κ2) is 14.7. The molecule has 0 amide bonds. The maximum absolute atomic E-state index is 6.97. The van der Waals surface area contributed by atoms with E-state index in [-0.39, 0.29) is 5.41 Å². The first-order chi connectivity index (χ1) is 32.4. The number of fused-ring (bicyclic) bond motifs is 10. The van der Waals surface area contributed by atoms with E-state index in [4.69, 9.17) is 4.42 Å². The normalized spacial score (nSPS) is 13.2. The fourth-order valence-electron chi connectivity index (χ4n) is 11.2. The maximum Gasteiger partial charge on any atom is 0.139 e. The minimum Gasteiger partial charge on any atom is -0.456 e. The van der Waals surface area contributed by atoms with Crippen LogP contribution >= 0.6 is 11.3 Å². The highest BCUT2D eigenvalue weighted by Gasteiger charge is 2.46. The van der Waals surface area contributed by atoms with Crippen LogP contribution < -0.4 is 4.90 Å². The number of nitrogens with zero attached hydrogens (tertiary/aromatic N) is 1. The Kier molecular flexibility index (Phi) is 8.59. The van der Waals surface area contributed by atoms with Crippen molar-refractivity contribution < 1.29 is 4.42 Å². The highest BCUT2D eigenvalue weighted by Crippen LogP contribution is 2.58. The molecule has 1 aliphatic carbocycles. The van der Waals surface area contributed by atoms with Crippen LogP contribution in [0.25, 0.3) is 75.1 Å². The van der Waals surface area contributed by atoms with Gasteiger partial charge in [0.1, 0.15) is 11.2 Å². The van der Waals surface area contributed by atoms with Crippen molar-refractivity contribution in [2.75, 3.05) is 4.90 Å². The van der Waals surface area contributed by atoms with Crippen LogP contribution in [0, 0.1) is 0 Å². The fraction of sp³-hybridized carbons (Fsp3) is 0.0794. The lowest BCUT2D eigenvalue weighted by molar-refractivity contribution is 0.573. The Balaban J connectivity index is 1.12. The van der Waals surface area contributed by atoms with Crippen molar-refractivity contribution in [1.82, 2.24) is 0 Å². The van der Waals surface area contributed by atoms with Crippen LogP contribution in [0.15, 0.2) is 223 Å². The predicted molar refractivity (Wildman–Crippen MR) is 280 cm³/mol. The van der Waals surface area contributed by atoms with Crippen LogP contribution in [-0.2, 0) is 10.8 Å². The molecule has 0 bridgehead atoms. The van der Waals surface area contributed by atoms with E-state index in [0.717, 1.165) is 39.0 Å². The van der Waals surface area contributed by atoms with Gasteiger partial charge in [-0.3, -0.25) is 0 Å². The molecule has 1 aliphatic rings. The van der Waals surface area contributed by atoms with Gasteiger partial charge in [-0.25, -0.2) is 0 Å². The molecule has 12 aromatic rings. The molecular formula is C63H45NOS. The van der Waals surface area contributed by atoms with Crippen molar-refractivity contribution in [3.8, 4) is 22.3 Å². The molecule has 0 saturated carbocycles. The van der Waals surface area contributed by atoms with Gasteiger partial charge >= 0.3 is 0 Å². The summed E-state index contributed by atoms with van der Waals surface area (Å²) in [6, 6.07) is 80.9. The molecule has 0 radical (unpaired) electrons. The summed E-state index contributed by atoms with van der Waals surface area (Å²) in [5.41, 5.74) is 15.7. The van der Waals surface area contributed by atoms with E-state index in [1.54, 1.807) is 0 Å². The van der Waals surface area contributed by atoms with E-state index < -0.39 is 5.41 Å². The van der Waals surface area contributed by atoms with Crippen molar-refractivity contribution >= 4 is 81.3 Å². The average Bonchev–Trinajstić information content (AvgIpc) is 4.02. The van der Waals surface area contributed by atoms with E-state index >= 15 is 0 Å². The average molecular weight is 864 g/mol. The first-order valence-electron chi connectivity index (χ1n) is 22.9. The molecule has 10 aromatic carbocycles. The van der Waals surface area contributed by atoms with Crippen molar-refractivity contribution in [2.45, 2.75) is 31.6 Å². The number of furan rings is 1. The molecule has 2 aromatic heterocycles. The summed E-state index contributed by atoms with van der Waals surface area (Å²) in [6.45, 7) is 6.78. The third kappa shape index (κ3) is 5.66. The molecule has 13 rings (SSSR count). The number of rotatable bonds is 6. The number of thiophene rings is 1. The van der Waals surface area contributed by atoms with Gasteiger partial charge in [0.15, 0.2) is 0 Å². The van der Waals surface area contributed by atoms with Crippen molar-refractivity contribution in [2.24, 2.45) is 0 Å². The molecule has 0 atom stereocenters. The van der Waals surface area contributed by atoms with E-state index in [1.807, 2.05) is 11.3 Å². The Hall–Kier alpha value is -7.72. The first-order valence-corrected chi connectivity index (χ1v) is 23.7. The molecule has 0 unspecified atom stereocenters. The minimum atomic E-state index is -0.499. The van der Waals surface area contributed by atoms with Gasteiger partial charge in [0.05, 0.1) is 11.1 Å². The third-order valence-electron chi connectivity index (χ3n) is 14.1. The zero-order valence-electron chi connectivity index (χ0n) is 37.0. The van der Waals surface area contributed by atoms with Gasteiger partial charge in [-0.2, -0.15) is 0 Å². The Morgan fingerprint density at radius 3 is 1.88 bits per heavy atom. The van der Waals surface area contributed by atoms with E-state index in [0.29, 0.717) is 0 Å². The fourth-order valence-corrected chi connectivity index (χ4v) is 12.4. The summed E-state index contributed by atoms with van der Waals surface area (Å²) in [7, 11) is 0. The molecular weight excluding hydrogens is 819 g/mol. The van der Waals surface area contributed by atoms with Crippen LogP contribution in [0.1, 0.15) is 48.6 Å². The molecule has 3 heteroatoms. The molecule has 0 aliphatic heterocycles. The van der Waals surface area contributed by atoms with E-state index in [1.165, 1.54) is 81.0 Å². The van der Waals surface area contributed by atoms with Gasteiger partial charge in [-0.1, -0.05) is 197 Å². The lowest BCUT2D eigenvalue weighted by Gasteiger charge is -2.34. The van der Waals surface area contributed by atoms with Crippen LogP contribution in [0.2, 0.25) is 0 Å². The zero-order valence-corrected chi connectivity index (χ0v) is 37.9. The highest BCUT2D eigenvalue weighted by molar-refractivity contribution is 7.26. The topological polar surface area (TPSA) is 16.4 Å². The van der Waals surface area contributed by atoms with Crippen molar-refractivity contribution in [3.05, 3.63) is 246 Å². The van der Waals surface area contributed by atoms with E-state index in [2.05, 4.69) is 244 Å². The number of anilines is 3. The van der Waals surface area contributed by atoms with Gasteiger partial charge in [0.2, 0.25) is 0 Å². The quantitative estimate of drug-likeness (QED) is 0.166. The molecule has 0 N–H and O–H groups in total. The molecule has 66 heavy (non-hydrogen) atoms. The maximum atomic E-state index is 6.97. The second-order valence-corrected chi connectivity index (χ2v) is 19.8. The summed E-state index contributed by atoms with van der Waals surface area (Å²) in [6.07, 6.45) is 0. The smallest absolute Gasteiger partial charge is 0.139 e. The number of benzene rings is 10. The van der Waals surface area contributed by atoms with Gasteiger partial charge in [-0.05, 0) is 86.0 Å². The standard InChI is InChI=1S/C63H45NOS/c1-62(2,3)55-30-17-26-49-47-35-33-44(39-57(47)65-60(49)55)64(56-37-32-40-18-10-11-23-45(40)59(56)51-28-16-27-50-48-25-13-15-31-58(48)66-61(50)51)43-34-36-54-52(38-43)46-24-12-14-29-53(46)63(54,41-19-6-4-7-20-41)42-21-8-5-9-22-42/h4-39H,1-3H3. The number of hydrogen-bond donors (Lipinski definition) is 0. The van der Waals surface area contributed by atoms with Crippen LogP contribution in [0.4, 0.5) is 17.1 Å². The number of para-hydroxylation sites is 1. The SMILES string of the molecule is CC(C)(C)c1cccc2c1oc1cc(N(c3ccc4c(c3)-c3ccccc3C4(c3ccccc3)c3ccccc3)c3ccc4ccccc4c3-c3cccc4c3sc3ccccc34)ccc12. The Bertz CT molecular complexity index is 3830. The zero-order chi connectivity index (χ0) is 44.1. The lowest BCUT2D eigenvalue weighted by atomic mass is 9.68. The second-order valence-electron chi connectivity index (χ2n) is 18.8. The Morgan fingerprint density at radius 1 is 0.455 bits per heavy atom. The highest BCUT2D eigenvalue weighted by atomic mass is 32.1. The van der Waals surface area contributed by atoms with Gasteiger partial charge in [0.25, 0.3) is 0 Å². The Morgan fingerprint density at radius 2 is 1.08 bits per heavy atom. The van der Waals surface area contributed by atoms with Gasteiger partial charge in [-0.15, -0.1) is 11.3 Å². The Labute approximate surface area is 388 Å². The summed E-state index contributed by atoms with van der Waals surface area (Å²) < 4.78 is 9.55. The molecule has 0 saturated heterocycles. The van der Waals surface area contributed by atoms with Crippen molar-refractivity contribution in [1.29, 1.82) is 0 Å². The predicted octanol–water partition coefficient (Wildman–Crippen LogP) is 17.9. The summed E-state index contributed by atoms with van der Waals surface area (Å²) in [5.74, 6) is 0.